The normalized spacial score (nSPS) is 20.4. The van der Waals surface area contributed by atoms with Crippen molar-refractivity contribution in [2.24, 2.45) is 10.9 Å². The Bertz CT molecular complexity index is 467. The molecule has 0 amide bonds. The highest BCUT2D eigenvalue weighted by molar-refractivity contribution is 14.0. The molecule has 1 fully saturated rings. The van der Waals surface area contributed by atoms with Crippen LogP contribution in [-0.2, 0) is 6.54 Å². The minimum absolute atomic E-state index is 0. The van der Waals surface area contributed by atoms with Crippen LogP contribution in [0.5, 0.6) is 5.88 Å². The molecule has 1 saturated carbocycles. The molecule has 0 aliphatic heterocycles. The lowest BCUT2D eigenvalue weighted by Crippen LogP contribution is -2.39. The van der Waals surface area contributed by atoms with E-state index in [1.54, 1.807) is 6.20 Å². The SMILES string of the molecule is CCNC(=NCc1cccnc1OCC)NC1CC1C.I. The number of nitrogens with one attached hydrogen (secondary N) is 2. The number of aromatic nitrogens is 1. The lowest BCUT2D eigenvalue weighted by molar-refractivity contribution is 0.323. The van der Waals surface area contributed by atoms with Crippen LogP contribution in [0.25, 0.3) is 0 Å². The first-order valence-corrected chi connectivity index (χ1v) is 7.36. The molecule has 0 radical (unpaired) electrons. The summed E-state index contributed by atoms with van der Waals surface area (Å²) in [6.45, 7) is 8.32. The van der Waals surface area contributed by atoms with Crippen LogP contribution in [0.4, 0.5) is 0 Å². The van der Waals surface area contributed by atoms with Gasteiger partial charge < -0.3 is 15.4 Å². The molecule has 6 heteroatoms. The lowest BCUT2D eigenvalue weighted by atomic mass is 10.3. The first kappa shape index (κ1) is 18.0. The minimum atomic E-state index is 0. The number of hydrogen-bond acceptors (Lipinski definition) is 3. The molecular formula is C15H25IN4O. The quantitative estimate of drug-likeness (QED) is 0.435. The molecule has 1 aromatic heterocycles. The molecule has 2 rings (SSSR count). The second-order valence-corrected chi connectivity index (χ2v) is 5.06. The molecule has 0 spiro atoms. The molecule has 0 aromatic carbocycles. The summed E-state index contributed by atoms with van der Waals surface area (Å²) in [6.07, 6.45) is 2.97. The highest BCUT2D eigenvalue weighted by atomic mass is 127. The Morgan fingerprint density at radius 2 is 2.24 bits per heavy atom. The minimum Gasteiger partial charge on any atom is -0.478 e. The van der Waals surface area contributed by atoms with Crippen molar-refractivity contribution in [3.63, 3.8) is 0 Å². The van der Waals surface area contributed by atoms with Gasteiger partial charge in [0.1, 0.15) is 0 Å². The fourth-order valence-corrected chi connectivity index (χ4v) is 1.99. The van der Waals surface area contributed by atoms with Gasteiger partial charge in [-0.2, -0.15) is 0 Å². The summed E-state index contributed by atoms with van der Waals surface area (Å²) < 4.78 is 5.52. The van der Waals surface area contributed by atoms with Crippen LogP contribution in [0.1, 0.15) is 32.8 Å². The van der Waals surface area contributed by atoms with Gasteiger partial charge in [-0.15, -0.1) is 24.0 Å². The Morgan fingerprint density at radius 1 is 1.48 bits per heavy atom. The Hall–Kier alpha value is -1.05. The van der Waals surface area contributed by atoms with Gasteiger partial charge in [-0.05, 0) is 32.3 Å². The van der Waals surface area contributed by atoms with E-state index in [9.17, 15) is 0 Å². The maximum atomic E-state index is 5.52. The Balaban J connectivity index is 0.00000220. The van der Waals surface area contributed by atoms with Crippen LogP contribution >= 0.6 is 24.0 Å². The average Bonchev–Trinajstić information content (AvgIpc) is 3.13. The number of halogens is 1. The Morgan fingerprint density at radius 3 is 2.86 bits per heavy atom. The van der Waals surface area contributed by atoms with Gasteiger partial charge in [-0.3, -0.25) is 0 Å². The molecule has 1 aliphatic rings. The van der Waals surface area contributed by atoms with Gasteiger partial charge >= 0.3 is 0 Å². The van der Waals surface area contributed by atoms with Crippen molar-refractivity contribution >= 4 is 29.9 Å². The first-order chi connectivity index (χ1) is 9.74. The summed E-state index contributed by atoms with van der Waals surface area (Å²) in [6, 6.07) is 4.48. The zero-order chi connectivity index (χ0) is 14.4. The summed E-state index contributed by atoms with van der Waals surface area (Å²) in [5.74, 6) is 2.29. The molecule has 0 saturated heterocycles. The van der Waals surface area contributed by atoms with E-state index >= 15 is 0 Å². The van der Waals surface area contributed by atoms with Gasteiger partial charge in [-0.25, -0.2) is 9.98 Å². The largest absolute Gasteiger partial charge is 0.478 e. The average molecular weight is 404 g/mol. The number of pyridine rings is 1. The maximum Gasteiger partial charge on any atom is 0.218 e. The van der Waals surface area contributed by atoms with Crippen molar-refractivity contribution in [2.75, 3.05) is 13.2 Å². The summed E-state index contributed by atoms with van der Waals surface area (Å²) in [4.78, 5) is 8.86. The molecule has 2 N–H and O–H groups in total. The third-order valence-corrected chi connectivity index (χ3v) is 3.31. The van der Waals surface area contributed by atoms with Crippen LogP contribution in [0.3, 0.4) is 0 Å². The van der Waals surface area contributed by atoms with Crippen LogP contribution in [0.15, 0.2) is 23.3 Å². The molecule has 1 aliphatic carbocycles. The van der Waals surface area contributed by atoms with E-state index in [4.69, 9.17) is 4.74 Å². The van der Waals surface area contributed by atoms with Crippen molar-refractivity contribution in [3.8, 4) is 5.88 Å². The zero-order valence-electron chi connectivity index (χ0n) is 12.9. The topological polar surface area (TPSA) is 58.5 Å². The molecule has 21 heavy (non-hydrogen) atoms. The highest BCUT2D eigenvalue weighted by Crippen LogP contribution is 2.28. The summed E-state index contributed by atoms with van der Waals surface area (Å²) in [7, 11) is 0. The summed E-state index contributed by atoms with van der Waals surface area (Å²) in [5, 5.41) is 6.71. The smallest absolute Gasteiger partial charge is 0.218 e. The fraction of sp³-hybridized carbons (Fsp3) is 0.600. The van der Waals surface area contributed by atoms with Crippen molar-refractivity contribution in [3.05, 3.63) is 23.9 Å². The van der Waals surface area contributed by atoms with E-state index in [1.165, 1.54) is 6.42 Å². The molecule has 2 unspecified atom stereocenters. The van der Waals surface area contributed by atoms with Gasteiger partial charge in [0.05, 0.1) is 13.2 Å². The lowest BCUT2D eigenvalue weighted by Gasteiger charge is -2.11. The molecule has 1 aromatic rings. The van der Waals surface area contributed by atoms with Gasteiger partial charge in [0.15, 0.2) is 5.96 Å². The molecule has 0 bridgehead atoms. The van der Waals surface area contributed by atoms with E-state index in [0.29, 0.717) is 25.1 Å². The van der Waals surface area contributed by atoms with Gasteiger partial charge in [0, 0.05) is 24.3 Å². The number of aliphatic imine (C=N–C) groups is 1. The molecular weight excluding hydrogens is 379 g/mol. The predicted molar refractivity (Wildman–Crippen MR) is 96.3 cm³/mol. The molecule has 2 atom stereocenters. The van der Waals surface area contributed by atoms with Crippen molar-refractivity contribution in [1.82, 2.24) is 15.6 Å². The van der Waals surface area contributed by atoms with Crippen LogP contribution in [0, 0.1) is 5.92 Å². The monoisotopic (exact) mass is 404 g/mol. The molecule has 118 valence electrons. The number of nitrogens with zero attached hydrogens (tertiary/aromatic N) is 2. The van der Waals surface area contributed by atoms with Gasteiger partial charge in [-0.1, -0.05) is 13.0 Å². The van der Waals surface area contributed by atoms with Gasteiger partial charge in [0.2, 0.25) is 5.88 Å². The van der Waals surface area contributed by atoms with E-state index in [-0.39, 0.29) is 24.0 Å². The van der Waals surface area contributed by atoms with E-state index in [0.717, 1.165) is 24.0 Å². The van der Waals surface area contributed by atoms with Gasteiger partial charge in [0.25, 0.3) is 0 Å². The second-order valence-electron chi connectivity index (χ2n) is 5.06. The Labute approximate surface area is 144 Å². The standard InChI is InChI=1S/C15H24N4O.HI/c1-4-16-15(19-13-9-11(13)3)18-10-12-7-6-8-17-14(12)20-5-2;/h6-8,11,13H,4-5,9-10H2,1-3H3,(H2,16,18,19);1H. The number of rotatable bonds is 6. The van der Waals surface area contributed by atoms with Crippen molar-refractivity contribution in [1.29, 1.82) is 0 Å². The highest BCUT2D eigenvalue weighted by Gasteiger charge is 2.33. The number of guanidine groups is 1. The third-order valence-electron chi connectivity index (χ3n) is 3.31. The van der Waals surface area contributed by atoms with E-state index < -0.39 is 0 Å². The molecule has 1 heterocycles. The van der Waals surface area contributed by atoms with Crippen LogP contribution in [-0.4, -0.2) is 30.1 Å². The molecule has 5 nitrogen and oxygen atoms in total. The van der Waals surface area contributed by atoms with E-state index in [1.807, 2.05) is 19.1 Å². The first-order valence-electron chi connectivity index (χ1n) is 7.36. The van der Waals surface area contributed by atoms with Crippen LogP contribution < -0.4 is 15.4 Å². The van der Waals surface area contributed by atoms with Crippen molar-refractivity contribution < 1.29 is 4.74 Å². The van der Waals surface area contributed by atoms with Crippen molar-refractivity contribution in [2.45, 2.75) is 39.8 Å². The predicted octanol–water partition coefficient (Wildman–Crippen LogP) is 2.56. The van der Waals surface area contributed by atoms with E-state index in [2.05, 4.69) is 34.5 Å². The zero-order valence-corrected chi connectivity index (χ0v) is 15.3. The van der Waals surface area contributed by atoms with Crippen LogP contribution in [0.2, 0.25) is 0 Å². The third kappa shape index (κ3) is 5.68. The summed E-state index contributed by atoms with van der Waals surface area (Å²) in [5.41, 5.74) is 1.01. The number of hydrogen-bond donors (Lipinski definition) is 2. The summed E-state index contributed by atoms with van der Waals surface area (Å²) >= 11 is 0. The fourth-order valence-electron chi connectivity index (χ4n) is 1.99. The maximum absolute atomic E-state index is 5.52. The number of ether oxygens (including phenoxy) is 1. The second kappa shape index (κ2) is 9.07. The Kier molecular flexibility index (Phi) is 7.77.